The molecule has 3 amide bonds. The SMILES string of the molecule is CC(Sc1ccc(C(F)(F)F)cn1)C(=O)NC(=O)NC12CC3CC(CC(C3)C1)C2. The van der Waals surface area contributed by atoms with E-state index in [-0.39, 0.29) is 5.54 Å². The smallest absolute Gasteiger partial charge is 0.332 e. The second-order valence-corrected chi connectivity index (χ2v) is 10.1. The number of nitrogens with zero attached hydrogens (tertiary/aromatic N) is 1. The Morgan fingerprint density at radius 1 is 1.14 bits per heavy atom. The molecule has 0 radical (unpaired) electrons. The lowest BCUT2D eigenvalue weighted by Gasteiger charge is -2.56. The topological polar surface area (TPSA) is 71.1 Å². The summed E-state index contributed by atoms with van der Waals surface area (Å²) < 4.78 is 37.8. The van der Waals surface area contributed by atoms with Crippen LogP contribution in [0.15, 0.2) is 23.4 Å². The molecule has 1 aromatic heterocycles. The molecule has 0 saturated heterocycles. The average molecular weight is 427 g/mol. The van der Waals surface area contributed by atoms with Gasteiger partial charge in [-0.05, 0) is 75.3 Å². The van der Waals surface area contributed by atoms with Gasteiger partial charge in [-0.1, -0.05) is 11.8 Å². The maximum atomic E-state index is 12.6. The molecule has 1 aromatic rings. The molecule has 0 spiro atoms. The number of alkyl halides is 3. The van der Waals surface area contributed by atoms with E-state index in [0.717, 1.165) is 43.3 Å². The minimum Gasteiger partial charge on any atom is -0.332 e. The summed E-state index contributed by atoms with van der Waals surface area (Å²) in [6, 6.07) is 1.68. The minimum absolute atomic E-state index is 0.190. The van der Waals surface area contributed by atoms with Gasteiger partial charge in [0.1, 0.15) is 0 Å². The summed E-state index contributed by atoms with van der Waals surface area (Å²) in [4.78, 5) is 28.6. The van der Waals surface area contributed by atoms with Crippen LogP contribution in [0, 0.1) is 17.8 Å². The first kappa shape index (κ1) is 20.5. The van der Waals surface area contributed by atoms with Crippen LogP contribution >= 0.6 is 11.8 Å². The number of amides is 3. The molecule has 1 heterocycles. The van der Waals surface area contributed by atoms with Crippen molar-refractivity contribution in [3.8, 4) is 0 Å². The van der Waals surface area contributed by atoms with Crippen molar-refractivity contribution in [1.29, 1.82) is 0 Å². The lowest BCUT2D eigenvalue weighted by molar-refractivity contribution is -0.137. The van der Waals surface area contributed by atoms with Crippen molar-refractivity contribution in [2.75, 3.05) is 0 Å². The minimum atomic E-state index is -4.45. The van der Waals surface area contributed by atoms with Gasteiger partial charge in [-0.2, -0.15) is 13.2 Å². The molecule has 158 valence electrons. The van der Waals surface area contributed by atoms with Crippen molar-refractivity contribution in [3.63, 3.8) is 0 Å². The molecule has 0 aliphatic heterocycles. The Kier molecular flexibility index (Phi) is 5.29. The highest BCUT2D eigenvalue weighted by molar-refractivity contribution is 8.00. The molecule has 1 unspecified atom stereocenters. The lowest BCUT2D eigenvalue weighted by Crippen LogP contribution is -2.62. The molecule has 29 heavy (non-hydrogen) atoms. The van der Waals surface area contributed by atoms with E-state index in [0.29, 0.717) is 22.8 Å². The highest BCUT2D eigenvalue weighted by Gasteiger charge is 2.51. The molecule has 5 rings (SSSR count). The maximum absolute atomic E-state index is 12.6. The Labute approximate surface area is 171 Å². The summed E-state index contributed by atoms with van der Waals surface area (Å²) in [6.07, 6.45) is 3.03. The predicted octanol–water partition coefficient (Wildman–Crippen LogP) is 4.38. The normalized spacial score (nSPS) is 31.4. The van der Waals surface area contributed by atoms with Crippen LogP contribution in [-0.2, 0) is 11.0 Å². The Balaban J connectivity index is 1.30. The second-order valence-electron chi connectivity index (χ2n) is 8.78. The second kappa shape index (κ2) is 7.49. The van der Waals surface area contributed by atoms with Crippen LogP contribution in [0.4, 0.5) is 18.0 Å². The number of halogens is 3. The molecule has 4 saturated carbocycles. The van der Waals surface area contributed by atoms with E-state index >= 15 is 0 Å². The van der Waals surface area contributed by atoms with Crippen LogP contribution in [0.5, 0.6) is 0 Å². The van der Waals surface area contributed by atoms with Crippen molar-refractivity contribution in [2.45, 2.75) is 67.4 Å². The van der Waals surface area contributed by atoms with E-state index in [1.165, 1.54) is 25.3 Å². The van der Waals surface area contributed by atoms with Crippen LogP contribution < -0.4 is 10.6 Å². The standard InChI is InChI=1S/C20H24F3N3O2S/c1-11(29-16-3-2-15(10-24-16)20(21,22)23)17(27)25-18(28)26-19-7-12-4-13(8-19)6-14(5-12)9-19/h2-3,10-14H,4-9H2,1H3,(H2,25,26,27,28). The molecular formula is C20H24F3N3O2S. The first-order chi connectivity index (χ1) is 13.6. The van der Waals surface area contributed by atoms with Crippen LogP contribution in [-0.4, -0.2) is 27.7 Å². The third-order valence-corrected chi connectivity index (χ3v) is 7.43. The van der Waals surface area contributed by atoms with E-state index in [1.807, 2.05) is 0 Å². The van der Waals surface area contributed by atoms with Crippen LogP contribution in [0.1, 0.15) is 51.0 Å². The fourth-order valence-corrected chi connectivity index (χ4v) is 6.39. The Morgan fingerprint density at radius 2 is 1.72 bits per heavy atom. The molecule has 0 aromatic carbocycles. The van der Waals surface area contributed by atoms with Crippen molar-refractivity contribution in [1.82, 2.24) is 15.6 Å². The number of aromatic nitrogens is 1. The number of rotatable bonds is 4. The van der Waals surface area contributed by atoms with Gasteiger partial charge in [0.05, 0.1) is 15.8 Å². The van der Waals surface area contributed by atoms with Crippen LogP contribution in [0.3, 0.4) is 0 Å². The summed E-state index contributed by atoms with van der Waals surface area (Å²) in [5, 5.41) is 5.10. The predicted molar refractivity (Wildman–Crippen MR) is 102 cm³/mol. The first-order valence-corrected chi connectivity index (χ1v) is 10.8. The highest BCUT2D eigenvalue weighted by atomic mass is 32.2. The third-order valence-electron chi connectivity index (χ3n) is 6.38. The Bertz CT molecular complexity index is 762. The van der Waals surface area contributed by atoms with E-state index in [9.17, 15) is 22.8 Å². The van der Waals surface area contributed by atoms with Crippen LogP contribution in [0.2, 0.25) is 0 Å². The van der Waals surface area contributed by atoms with E-state index < -0.39 is 28.9 Å². The summed E-state index contributed by atoms with van der Waals surface area (Å²) in [7, 11) is 0. The number of carbonyl (C=O) groups excluding carboxylic acids is 2. The first-order valence-electron chi connectivity index (χ1n) is 9.95. The fourth-order valence-electron chi connectivity index (χ4n) is 5.60. The van der Waals surface area contributed by atoms with Gasteiger partial charge in [-0.15, -0.1) is 0 Å². The largest absolute Gasteiger partial charge is 0.417 e. The van der Waals surface area contributed by atoms with Gasteiger partial charge < -0.3 is 5.32 Å². The quantitative estimate of drug-likeness (QED) is 0.700. The third kappa shape index (κ3) is 4.54. The lowest BCUT2D eigenvalue weighted by atomic mass is 9.53. The van der Waals surface area contributed by atoms with Crippen molar-refractivity contribution in [3.05, 3.63) is 23.9 Å². The monoisotopic (exact) mass is 427 g/mol. The van der Waals surface area contributed by atoms with Gasteiger partial charge in [-0.25, -0.2) is 9.78 Å². The molecule has 4 bridgehead atoms. The number of hydrogen-bond donors (Lipinski definition) is 2. The summed E-state index contributed by atoms with van der Waals surface area (Å²) in [5.41, 5.74) is -1.03. The van der Waals surface area contributed by atoms with E-state index in [1.54, 1.807) is 6.92 Å². The Morgan fingerprint density at radius 3 is 2.21 bits per heavy atom. The average Bonchev–Trinajstić information content (AvgIpc) is 2.59. The highest BCUT2D eigenvalue weighted by Crippen LogP contribution is 2.55. The van der Waals surface area contributed by atoms with Gasteiger partial charge >= 0.3 is 12.2 Å². The zero-order valence-electron chi connectivity index (χ0n) is 16.1. The summed E-state index contributed by atoms with van der Waals surface area (Å²) in [6.45, 7) is 1.59. The van der Waals surface area contributed by atoms with Crippen molar-refractivity contribution >= 4 is 23.7 Å². The zero-order valence-corrected chi connectivity index (χ0v) is 16.9. The van der Waals surface area contributed by atoms with Crippen molar-refractivity contribution < 1.29 is 22.8 Å². The molecule has 2 N–H and O–H groups in total. The van der Waals surface area contributed by atoms with Gasteiger partial charge in [0.25, 0.3) is 0 Å². The number of imide groups is 1. The molecule has 4 aliphatic rings. The molecule has 9 heteroatoms. The van der Waals surface area contributed by atoms with Gasteiger partial charge in [0.2, 0.25) is 5.91 Å². The number of hydrogen-bond acceptors (Lipinski definition) is 4. The van der Waals surface area contributed by atoms with Crippen LogP contribution in [0.25, 0.3) is 0 Å². The summed E-state index contributed by atoms with van der Waals surface area (Å²) >= 11 is 1.01. The maximum Gasteiger partial charge on any atom is 0.417 e. The molecule has 4 aliphatic carbocycles. The van der Waals surface area contributed by atoms with Gasteiger partial charge in [0, 0.05) is 11.7 Å². The zero-order chi connectivity index (χ0) is 20.8. The number of pyridine rings is 1. The van der Waals surface area contributed by atoms with Gasteiger partial charge in [0.15, 0.2) is 0 Å². The number of thioether (sulfide) groups is 1. The Hall–Kier alpha value is -1.77. The molecular weight excluding hydrogens is 403 g/mol. The molecule has 4 fully saturated rings. The van der Waals surface area contributed by atoms with E-state index in [4.69, 9.17) is 0 Å². The fraction of sp³-hybridized carbons (Fsp3) is 0.650. The van der Waals surface area contributed by atoms with Gasteiger partial charge in [-0.3, -0.25) is 10.1 Å². The number of carbonyl (C=O) groups is 2. The number of urea groups is 1. The summed E-state index contributed by atoms with van der Waals surface area (Å²) in [5.74, 6) is 1.55. The molecule has 1 atom stereocenters. The molecule has 5 nitrogen and oxygen atoms in total. The number of nitrogens with one attached hydrogen (secondary N) is 2. The van der Waals surface area contributed by atoms with E-state index in [2.05, 4.69) is 15.6 Å². The van der Waals surface area contributed by atoms with Crippen molar-refractivity contribution in [2.24, 2.45) is 17.8 Å².